The van der Waals surface area contributed by atoms with Crippen LogP contribution in [-0.4, -0.2) is 35.6 Å². The zero-order valence-electron chi connectivity index (χ0n) is 17.3. The highest BCUT2D eigenvalue weighted by atomic mass is 16.6. The number of likely N-dealkylation sites (tertiary alicyclic amines) is 1. The Kier molecular flexibility index (Phi) is 6.33. The first-order valence-electron chi connectivity index (χ1n) is 10.9. The first-order valence-corrected chi connectivity index (χ1v) is 10.9. The van der Waals surface area contributed by atoms with Gasteiger partial charge >= 0.3 is 6.09 Å². The molecule has 5 heteroatoms. The fourth-order valence-corrected chi connectivity index (χ4v) is 4.51. The maximum atomic E-state index is 12.8. The number of nitrogens with zero attached hydrogens (tertiary/aromatic N) is 3. The van der Waals surface area contributed by atoms with Crippen LogP contribution >= 0.6 is 0 Å². The monoisotopic (exact) mass is 393 g/mol. The molecule has 29 heavy (non-hydrogen) atoms. The van der Waals surface area contributed by atoms with E-state index in [2.05, 4.69) is 17.9 Å². The van der Waals surface area contributed by atoms with Gasteiger partial charge in [-0.05, 0) is 68.2 Å². The van der Waals surface area contributed by atoms with Crippen molar-refractivity contribution in [2.75, 3.05) is 24.5 Å². The highest BCUT2D eigenvalue weighted by molar-refractivity contribution is 5.68. The van der Waals surface area contributed by atoms with E-state index < -0.39 is 0 Å². The van der Waals surface area contributed by atoms with Crippen molar-refractivity contribution in [1.82, 2.24) is 9.88 Å². The second-order valence-electron chi connectivity index (χ2n) is 8.20. The number of aryl methyl sites for hydroxylation is 1. The van der Waals surface area contributed by atoms with Crippen LogP contribution in [0.1, 0.15) is 61.3 Å². The summed E-state index contributed by atoms with van der Waals surface area (Å²) >= 11 is 0. The molecule has 154 valence electrons. The summed E-state index contributed by atoms with van der Waals surface area (Å²) in [5.41, 5.74) is 3.34. The number of aromatic nitrogens is 1. The smallest absolute Gasteiger partial charge is 0.410 e. The summed E-state index contributed by atoms with van der Waals surface area (Å²) in [5.74, 6) is 1.10. The molecular weight excluding hydrogens is 362 g/mol. The maximum absolute atomic E-state index is 12.8. The fraction of sp³-hybridized carbons (Fsp3) is 0.500. The van der Waals surface area contributed by atoms with Gasteiger partial charge in [0.15, 0.2) is 0 Å². The number of hydrogen-bond donors (Lipinski definition) is 0. The first kappa shape index (κ1) is 19.7. The largest absolute Gasteiger partial charge is 0.445 e. The third kappa shape index (κ3) is 4.72. The van der Waals surface area contributed by atoms with Crippen molar-refractivity contribution in [3.63, 3.8) is 0 Å². The lowest BCUT2D eigenvalue weighted by molar-refractivity contribution is 0.0678. The normalized spacial score (nSPS) is 19.8. The summed E-state index contributed by atoms with van der Waals surface area (Å²) in [6, 6.07) is 12.1. The summed E-state index contributed by atoms with van der Waals surface area (Å²) in [4.78, 5) is 21.9. The Morgan fingerprint density at radius 1 is 1.07 bits per heavy atom. The SMILES string of the molecule is Cc1cc([C@H]2CCCCN2C(=O)OCc2ccccc2)cnc1N1CCCCC1. The van der Waals surface area contributed by atoms with Crippen molar-refractivity contribution in [2.45, 2.75) is 58.1 Å². The Hall–Kier alpha value is -2.56. The van der Waals surface area contributed by atoms with E-state index in [4.69, 9.17) is 9.72 Å². The third-order valence-corrected chi connectivity index (χ3v) is 6.05. The van der Waals surface area contributed by atoms with Crippen molar-refractivity contribution in [3.8, 4) is 0 Å². The van der Waals surface area contributed by atoms with E-state index in [-0.39, 0.29) is 12.1 Å². The molecule has 2 fully saturated rings. The van der Waals surface area contributed by atoms with Gasteiger partial charge in [-0.15, -0.1) is 0 Å². The molecule has 2 aliphatic rings. The predicted octanol–water partition coefficient (Wildman–Crippen LogP) is 5.24. The van der Waals surface area contributed by atoms with Gasteiger partial charge in [0.25, 0.3) is 0 Å². The summed E-state index contributed by atoms with van der Waals surface area (Å²) < 4.78 is 5.63. The van der Waals surface area contributed by atoms with Crippen LogP contribution in [0.3, 0.4) is 0 Å². The minimum atomic E-state index is -0.226. The van der Waals surface area contributed by atoms with Crippen LogP contribution in [0.15, 0.2) is 42.6 Å². The van der Waals surface area contributed by atoms with Gasteiger partial charge in [0, 0.05) is 25.8 Å². The molecule has 1 atom stereocenters. The second-order valence-corrected chi connectivity index (χ2v) is 8.20. The van der Waals surface area contributed by atoms with Gasteiger partial charge in [-0.1, -0.05) is 30.3 Å². The van der Waals surface area contributed by atoms with Crippen LogP contribution in [0.4, 0.5) is 10.6 Å². The van der Waals surface area contributed by atoms with Crippen LogP contribution in [0.25, 0.3) is 0 Å². The first-order chi connectivity index (χ1) is 14.2. The lowest BCUT2D eigenvalue weighted by Gasteiger charge is -2.35. The van der Waals surface area contributed by atoms with Crippen LogP contribution < -0.4 is 4.90 Å². The van der Waals surface area contributed by atoms with Crippen molar-refractivity contribution >= 4 is 11.9 Å². The molecule has 0 bridgehead atoms. The molecule has 0 radical (unpaired) electrons. The van der Waals surface area contributed by atoms with Crippen molar-refractivity contribution in [1.29, 1.82) is 0 Å². The van der Waals surface area contributed by atoms with Crippen LogP contribution in [-0.2, 0) is 11.3 Å². The number of carbonyl (C=O) groups excluding carboxylic acids is 1. The second kappa shape index (κ2) is 9.29. The number of pyridine rings is 1. The zero-order valence-corrected chi connectivity index (χ0v) is 17.3. The molecule has 0 N–H and O–H groups in total. The molecule has 2 aliphatic heterocycles. The summed E-state index contributed by atoms with van der Waals surface area (Å²) in [5, 5.41) is 0. The van der Waals surface area contributed by atoms with Gasteiger partial charge in [-0.2, -0.15) is 0 Å². The van der Waals surface area contributed by atoms with Crippen molar-refractivity contribution in [3.05, 3.63) is 59.3 Å². The number of amides is 1. The van der Waals surface area contributed by atoms with Gasteiger partial charge < -0.3 is 14.5 Å². The Balaban J connectivity index is 1.46. The molecule has 3 heterocycles. The highest BCUT2D eigenvalue weighted by Gasteiger charge is 2.30. The maximum Gasteiger partial charge on any atom is 0.410 e. The van der Waals surface area contributed by atoms with Crippen molar-refractivity contribution < 1.29 is 9.53 Å². The molecule has 0 spiro atoms. The standard InChI is InChI=1S/C24H31N3O2/c1-19-16-21(17-25-23(19)26-13-7-3-8-14-26)22-12-6-9-15-27(22)24(28)29-18-20-10-4-2-5-11-20/h2,4-5,10-11,16-17,22H,3,6-9,12-15,18H2,1H3/t22-/m1/s1. The number of benzene rings is 1. The molecule has 0 aliphatic carbocycles. The third-order valence-electron chi connectivity index (χ3n) is 6.05. The van der Waals surface area contributed by atoms with Gasteiger partial charge in [0.05, 0.1) is 6.04 Å². The Bertz CT molecular complexity index is 818. The van der Waals surface area contributed by atoms with Gasteiger partial charge in [0.2, 0.25) is 0 Å². The summed E-state index contributed by atoms with van der Waals surface area (Å²) in [6.45, 7) is 5.38. The molecule has 4 rings (SSSR count). The number of ether oxygens (including phenoxy) is 1. The van der Waals surface area contributed by atoms with E-state index in [0.717, 1.165) is 55.8 Å². The number of anilines is 1. The number of rotatable bonds is 4. The number of hydrogen-bond acceptors (Lipinski definition) is 4. The van der Waals surface area contributed by atoms with Crippen LogP contribution in [0.2, 0.25) is 0 Å². The lowest BCUT2D eigenvalue weighted by atomic mass is 9.96. The topological polar surface area (TPSA) is 45.7 Å². The van der Waals surface area contributed by atoms with E-state index in [9.17, 15) is 4.79 Å². The molecular formula is C24H31N3O2. The van der Waals surface area contributed by atoms with Crippen LogP contribution in [0, 0.1) is 6.92 Å². The summed E-state index contributed by atoms with van der Waals surface area (Å²) in [7, 11) is 0. The molecule has 2 aromatic rings. The average molecular weight is 394 g/mol. The van der Waals surface area contributed by atoms with E-state index >= 15 is 0 Å². The Labute approximate surface area is 173 Å². The molecule has 2 saturated heterocycles. The molecule has 1 amide bonds. The van der Waals surface area contributed by atoms with E-state index in [1.54, 1.807) is 0 Å². The summed E-state index contributed by atoms with van der Waals surface area (Å²) in [6.07, 6.45) is 8.66. The molecule has 5 nitrogen and oxygen atoms in total. The van der Waals surface area contributed by atoms with Crippen LogP contribution in [0.5, 0.6) is 0 Å². The quantitative estimate of drug-likeness (QED) is 0.712. The highest BCUT2D eigenvalue weighted by Crippen LogP contribution is 2.33. The lowest BCUT2D eigenvalue weighted by Crippen LogP contribution is -2.39. The van der Waals surface area contributed by atoms with Gasteiger partial charge in [0.1, 0.15) is 12.4 Å². The molecule has 0 saturated carbocycles. The predicted molar refractivity (Wildman–Crippen MR) is 115 cm³/mol. The van der Waals surface area contributed by atoms with E-state index in [1.807, 2.05) is 41.4 Å². The number of carbonyl (C=O) groups is 1. The average Bonchev–Trinajstić information content (AvgIpc) is 2.78. The Morgan fingerprint density at radius 2 is 1.83 bits per heavy atom. The Morgan fingerprint density at radius 3 is 2.59 bits per heavy atom. The fourth-order valence-electron chi connectivity index (χ4n) is 4.51. The molecule has 0 unspecified atom stereocenters. The number of piperidine rings is 2. The van der Waals surface area contributed by atoms with Gasteiger partial charge in [-0.3, -0.25) is 0 Å². The minimum absolute atomic E-state index is 0.0497. The van der Waals surface area contributed by atoms with E-state index in [0.29, 0.717) is 6.61 Å². The minimum Gasteiger partial charge on any atom is -0.445 e. The van der Waals surface area contributed by atoms with Crippen molar-refractivity contribution in [2.24, 2.45) is 0 Å². The molecule has 1 aromatic carbocycles. The molecule has 1 aromatic heterocycles. The zero-order chi connectivity index (χ0) is 20.1. The van der Waals surface area contributed by atoms with E-state index in [1.165, 1.54) is 24.8 Å². The van der Waals surface area contributed by atoms with Gasteiger partial charge in [-0.25, -0.2) is 9.78 Å².